The van der Waals surface area contributed by atoms with Crippen molar-refractivity contribution in [3.63, 3.8) is 0 Å². The Morgan fingerprint density at radius 2 is 1.95 bits per heavy atom. The molecule has 0 aliphatic carbocycles. The van der Waals surface area contributed by atoms with E-state index in [1.807, 2.05) is 54.6 Å². The molecule has 0 fully saturated rings. The molecule has 0 aliphatic rings. The van der Waals surface area contributed by atoms with Crippen molar-refractivity contribution in [3.05, 3.63) is 65.2 Å². The molecule has 0 bridgehead atoms. The molecule has 0 heterocycles. The second-order valence-electron chi connectivity index (χ2n) is 4.63. The van der Waals surface area contributed by atoms with Crippen LogP contribution in [0.5, 0.6) is 0 Å². The van der Waals surface area contributed by atoms with Gasteiger partial charge in [-0.25, -0.2) is 0 Å². The fourth-order valence-corrected chi connectivity index (χ4v) is 3.58. The van der Waals surface area contributed by atoms with Crippen molar-refractivity contribution in [3.8, 4) is 0 Å². The normalized spacial score (nSPS) is 13.6. The van der Waals surface area contributed by atoms with E-state index in [1.54, 1.807) is 18.8 Å². The average Bonchev–Trinajstić information content (AvgIpc) is 2.49. The Labute approximate surface area is 133 Å². The predicted molar refractivity (Wildman–Crippen MR) is 88.6 cm³/mol. The molecule has 0 radical (unpaired) electrons. The minimum Gasteiger partial charge on any atom is -0.368 e. The van der Waals surface area contributed by atoms with Crippen LogP contribution in [0.3, 0.4) is 0 Å². The van der Waals surface area contributed by atoms with Gasteiger partial charge >= 0.3 is 0 Å². The van der Waals surface area contributed by atoms with Gasteiger partial charge in [0.25, 0.3) is 0 Å². The van der Waals surface area contributed by atoms with Crippen LogP contribution < -0.4 is 11.1 Å². The minimum absolute atomic E-state index is 0.397. The standard InChI is InChI=1S/C16H17ClN2OS/c1-19-16(15(18)20,12-6-3-2-4-7-12)11-21-14-9-5-8-13(17)10-14/h2-10,19H,11H2,1H3,(H2,18,20). The van der Waals surface area contributed by atoms with E-state index in [2.05, 4.69) is 5.32 Å². The largest absolute Gasteiger partial charge is 0.368 e. The molecule has 2 aromatic carbocycles. The second-order valence-corrected chi connectivity index (χ2v) is 6.12. The molecule has 21 heavy (non-hydrogen) atoms. The van der Waals surface area contributed by atoms with Crippen LogP contribution in [-0.4, -0.2) is 18.7 Å². The van der Waals surface area contributed by atoms with Crippen LogP contribution >= 0.6 is 23.4 Å². The number of carbonyl (C=O) groups excluding carboxylic acids is 1. The first-order valence-electron chi connectivity index (χ1n) is 6.51. The van der Waals surface area contributed by atoms with Gasteiger partial charge in [-0.2, -0.15) is 0 Å². The molecular weight excluding hydrogens is 304 g/mol. The number of thioether (sulfide) groups is 1. The Kier molecular flexibility index (Phi) is 5.28. The minimum atomic E-state index is -0.908. The zero-order valence-electron chi connectivity index (χ0n) is 11.7. The number of hydrogen-bond donors (Lipinski definition) is 2. The first-order chi connectivity index (χ1) is 10.1. The van der Waals surface area contributed by atoms with Gasteiger partial charge < -0.3 is 11.1 Å². The van der Waals surface area contributed by atoms with Crippen LogP contribution in [0.1, 0.15) is 5.56 Å². The lowest BCUT2D eigenvalue weighted by Crippen LogP contribution is -2.53. The topological polar surface area (TPSA) is 55.1 Å². The van der Waals surface area contributed by atoms with Crippen LogP contribution in [-0.2, 0) is 10.3 Å². The number of halogens is 1. The fourth-order valence-electron chi connectivity index (χ4n) is 2.11. The van der Waals surface area contributed by atoms with Crippen LogP contribution in [0.4, 0.5) is 0 Å². The van der Waals surface area contributed by atoms with Crippen molar-refractivity contribution >= 4 is 29.3 Å². The van der Waals surface area contributed by atoms with E-state index in [1.165, 1.54) is 0 Å². The van der Waals surface area contributed by atoms with Gasteiger partial charge in [0.15, 0.2) is 0 Å². The van der Waals surface area contributed by atoms with Crippen LogP contribution in [0.2, 0.25) is 5.02 Å². The van der Waals surface area contributed by atoms with E-state index < -0.39 is 11.4 Å². The summed E-state index contributed by atoms with van der Waals surface area (Å²) in [4.78, 5) is 13.1. The average molecular weight is 321 g/mol. The number of nitrogens with two attached hydrogens (primary N) is 1. The first-order valence-corrected chi connectivity index (χ1v) is 7.87. The quantitative estimate of drug-likeness (QED) is 0.804. The highest BCUT2D eigenvalue weighted by Crippen LogP contribution is 2.30. The fraction of sp³-hybridized carbons (Fsp3) is 0.188. The summed E-state index contributed by atoms with van der Waals surface area (Å²) in [6, 6.07) is 17.1. The monoisotopic (exact) mass is 320 g/mol. The Hall–Kier alpha value is -1.49. The van der Waals surface area contributed by atoms with Crippen LogP contribution in [0.15, 0.2) is 59.5 Å². The molecule has 0 spiro atoms. The van der Waals surface area contributed by atoms with Gasteiger partial charge in [-0.05, 0) is 30.8 Å². The van der Waals surface area contributed by atoms with E-state index in [0.717, 1.165) is 10.5 Å². The van der Waals surface area contributed by atoms with Crippen molar-refractivity contribution in [2.45, 2.75) is 10.4 Å². The lowest BCUT2D eigenvalue weighted by atomic mass is 9.91. The third kappa shape index (κ3) is 3.59. The number of benzene rings is 2. The zero-order valence-corrected chi connectivity index (χ0v) is 13.2. The molecule has 1 unspecified atom stereocenters. The molecule has 1 amide bonds. The highest BCUT2D eigenvalue weighted by atomic mass is 35.5. The summed E-state index contributed by atoms with van der Waals surface area (Å²) in [5, 5.41) is 3.76. The summed E-state index contributed by atoms with van der Waals surface area (Å²) >= 11 is 7.53. The Morgan fingerprint density at radius 3 is 2.52 bits per heavy atom. The maximum absolute atomic E-state index is 12.1. The molecule has 3 nitrogen and oxygen atoms in total. The summed E-state index contributed by atoms with van der Waals surface area (Å²) in [5.41, 5.74) is 5.62. The Morgan fingerprint density at radius 1 is 1.24 bits per heavy atom. The maximum atomic E-state index is 12.1. The Bertz CT molecular complexity index is 621. The van der Waals surface area contributed by atoms with Crippen molar-refractivity contribution in [1.29, 1.82) is 0 Å². The smallest absolute Gasteiger partial charge is 0.243 e. The van der Waals surface area contributed by atoms with Gasteiger partial charge in [0.05, 0.1) is 0 Å². The summed E-state index contributed by atoms with van der Waals surface area (Å²) in [6.07, 6.45) is 0. The SMILES string of the molecule is CNC(CSc1cccc(Cl)c1)(C(N)=O)c1ccccc1. The van der Waals surface area contributed by atoms with E-state index >= 15 is 0 Å². The Balaban J connectivity index is 2.27. The lowest BCUT2D eigenvalue weighted by Gasteiger charge is -2.30. The number of primary amides is 1. The molecule has 0 saturated carbocycles. The zero-order chi connectivity index (χ0) is 15.3. The molecule has 2 rings (SSSR count). The summed E-state index contributed by atoms with van der Waals surface area (Å²) in [7, 11) is 1.75. The second kappa shape index (κ2) is 6.98. The van der Waals surface area contributed by atoms with Crippen molar-refractivity contribution < 1.29 is 4.79 Å². The molecule has 5 heteroatoms. The lowest BCUT2D eigenvalue weighted by molar-refractivity contribution is -0.123. The first kappa shape index (κ1) is 15.9. The molecule has 0 saturated heterocycles. The summed E-state index contributed by atoms with van der Waals surface area (Å²) in [5.74, 6) is 0.0918. The summed E-state index contributed by atoms with van der Waals surface area (Å²) in [6.45, 7) is 0. The number of rotatable bonds is 6. The number of likely N-dealkylation sites (N-methyl/N-ethyl adjacent to an activating group) is 1. The van der Waals surface area contributed by atoms with Gasteiger partial charge in [0, 0.05) is 15.7 Å². The number of hydrogen-bond acceptors (Lipinski definition) is 3. The van der Waals surface area contributed by atoms with Crippen LogP contribution in [0, 0.1) is 0 Å². The number of nitrogens with one attached hydrogen (secondary N) is 1. The van der Waals surface area contributed by atoms with Crippen LogP contribution in [0.25, 0.3) is 0 Å². The molecule has 0 aliphatic heterocycles. The van der Waals surface area contributed by atoms with E-state index in [9.17, 15) is 4.79 Å². The molecular formula is C16H17ClN2OS. The third-order valence-electron chi connectivity index (χ3n) is 3.37. The van der Waals surface area contributed by atoms with Gasteiger partial charge in [-0.15, -0.1) is 11.8 Å². The maximum Gasteiger partial charge on any atom is 0.243 e. The molecule has 0 aromatic heterocycles. The molecule has 3 N–H and O–H groups in total. The van der Waals surface area contributed by atoms with Crippen molar-refractivity contribution in [1.82, 2.24) is 5.32 Å². The van der Waals surface area contributed by atoms with Gasteiger partial charge in [0.1, 0.15) is 5.54 Å². The number of carbonyl (C=O) groups is 1. The van der Waals surface area contributed by atoms with Gasteiger partial charge in [0.2, 0.25) is 5.91 Å². The molecule has 110 valence electrons. The van der Waals surface area contributed by atoms with E-state index in [4.69, 9.17) is 17.3 Å². The van der Waals surface area contributed by atoms with Crippen molar-refractivity contribution in [2.75, 3.05) is 12.8 Å². The highest BCUT2D eigenvalue weighted by molar-refractivity contribution is 7.99. The molecule has 1 atom stereocenters. The third-order valence-corrected chi connectivity index (χ3v) is 4.77. The van der Waals surface area contributed by atoms with E-state index in [-0.39, 0.29) is 0 Å². The van der Waals surface area contributed by atoms with Gasteiger partial charge in [-0.3, -0.25) is 4.79 Å². The highest BCUT2D eigenvalue weighted by Gasteiger charge is 2.36. The van der Waals surface area contributed by atoms with E-state index in [0.29, 0.717) is 10.8 Å². The van der Waals surface area contributed by atoms with Gasteiger partial charge in [-0.1, -0.05) is 48.0 Å². The summed E-state index contributed by atoms with van der Waals surface area (Å²) < 4.78 is 0. The van der Waals surface area contributed by atoms with Crippen molar-refractivity contribution in [2.24, 2.45) is 5.73 Å². The predicted octanol–water partition coefficient (Wildman–Crippen LogP) is 3.03. The molecule has 2 aromatic rings. The number of amides is 1.